The van der Waals surface area contributed by atoms with Crippen molar-refractivity contribution in [1.82, 2.24) is 14.8 Å². The van der Waals surface area contributed by atoms with Gasteiger partial charge in [0, 0.05) is 18.8 Å². The molecule has 0 aliphatic heterocycles. The molecular weight excluding hydrogens is 363 g/mol. The molecule has 0 saturated heterocycles. The maximum atomic E-state index is 13.7. The monoisotopic (exact) mass is 378 g/mol. The van der Waals surface area contributed by atoms with Gasteiger partial charge in [-0.1, -0.05) is 53.8 Å². The molecule has 0 unspecified atom stereocenters. The molecule has 0 spiro atoms. The normalized spacial score (nSPS) is 10.7. The lowest BCUT2D eigenvalue weighted by Gasteiger charge is -2.02. The van der Waals surface area contributed by atoms with Crippen molar-refractivity contribution in [2.45, 2.75) is 0 Å². The highest BCUT2D eigenvalue weighted by Crippen LogP contribution is 2.31. The van der Waals surface area contributed by atoms with Crippen molar-refractivity contribution in [3.63, 3.8) is 0 Å². The second-order valence-electron chi connectivity index (χ2n) is 5.87. The summed E-state index contributed by atoms with van der Waals surface area (Å²) < 4.78 is 15.5. The Kier molecular flexibility index (Phi) is 4.52. The number of benzene rings is 2. The Hall–Kier alpha value is -3.32. The standard InChI is InChI=1S/C20H15FN4OS/c1-25-17(11-16(24-25)13-7-3-2-4-8-13)18-12-22-20(27-18)23-19(26)14-9-5-6-10-15(14)21/h2-12H,1H3,(H,22,23,26). The summed E-state index contributed by atoms with van der Waals surface area (Å²) in [5.41, 5.74) is 2.76. The molecule has 0 bridgehead atoms. The van der Waals surface area contributed by atoms with Gasteiger partial charge in [0.15, 0.2) is 5.13 Å². The number of carbonyl (C=O) groups excluding carboxylic acids is 1. The number of nitrogens with one attached hydrogen (secondary N) is 1. The summed E-state index contributed by atoms with van der Waals surface area (Å²) >= 11 is 1.31. The summed E-state index contributed by atoms with van der Waals surface area (Å²) in [6.07, 6.45) is 1.67. The van der Waals surface area contributed by atoms with E-state index in [2.05, 4.69) is 15.4 Å². The topological polar surface area (TPSA) is 59.8 Å². The highest BCUT2D eigenvalue weighted by Gasteiger charge is 2.15. The first-order valence-corrected chi connectivity index (χ1v) is 9.05. The number of rotatable bonds is 4. The van der Waals surface area contributed by atoms with E-state index >= 15 is 0 Å². The van der Waals surface area contributed by atoms with Crippen LogP contribution in [0.25, 0.3) is 21.8 Å². The molecule has 5 nitrogen and oxygen atoms in total. The summed E-state index contributed by atoms with van der Waals surface area (Å²) in [6.45, 7) is 0. The highest BCUT2D eigenvalue weighted by molar-refractivity contribution is 7.19. The number of aromatic nitrogens is 3. The van der Waals surface area contributed by atoms with Gasteiger partial charge >= 0.3 is 0 Å². The van der Waals surface area contributed by atoms with Crippen LogP contribution in [0.3, 0.4) is 0 Å². The summed E-state index contributed by atoms with van der Waals surface area (Å²) in [5, 5.41) is 7.59. The average Bonchev–Trinajstić information content (AvgIpc) is 3.29. The summed E-state index contributed by atoms with van der Waals surface area (Å²) in [7, 11) is 1.86. The molecule has 2 heterocycles. The molecule has 2 aromatic carbocycles. The van der Waals surface area contributed by atoms with E-state index in [0.29, 0.717) is 5.13 Å². The van der Waals surface area contributed by atoms with Crippen LogP contribution in [0.4, 0.5) is 9.52 Å². The van der Waals surface area contributed by atoms with E-state index in [1.54, 1.807) is 23.0 Å². The molecule has 4 rings (SSSR count). The second kappa shape index (κ2) is 7.13. The molecule has 4 aromatic rings. The van der Waals surface area contributed by atoms with Crippen LogP contribution in [-0.2, 0) is 7.05 Å². The molecule has 0 aliphatic rings. The smallest absolute Gasteiger partial charge is 0.260 e. The Labute approximate surface area is 159 Å². The van der Waals surface area contributed by atoms with Crippen molar-refractivity contribution in [3.8, 4) is 21.8 Å². The Morgan fingerprint density at radius 3 is 2.63 bits per heavy atom. The van der Waals surface area contributed by atoms with Gasteiger partial charge in [0.05, 0.1) is 21.8 Å². The van der Waals surface area contributed by atoms with Gasteiger partial charge in [0.25, 0.3) is 5.91 Å². The number of carbonyl (C=O) groups is 1. The van der Waals surface area contributed by atoms with Crippen molar-refractivity contribution in [2.24, 2.45) is 7.05 Å². The average molecular weight is 378 g/mol. The van der Waals surface area contributed by atoms with Crippen molar-refractivity contribution in [3.05, 3.63) is 78.2 Å². The quantitative estimate of drug-likeness (QED) is 0.564. The maximum Gasteiger partial charge on any atom is 0.260 e. The van der Waals surface area contributed by atoms with E-state index < -0.39 is 11.7 Å². The molecular formula is C20H15FN4OS. The first-order chi connectivity index (χ1) is 13.1. The number of halogens is 1. The SMILES string of the molecule is Cn1nc(-c2ccccc2)cc1-c1cnc(NC(=O)c2ccccc2F)s1. The molecule has 134 valence electrons. The molecule has 1 amide bonds. The number of hydrogen-bond donors (Lipinski definition) is 1. The molecule has 0 fully saturated rings. The zero-order valence-electron chi connectivity index (χ0n) is 14.4. The first-order valence-electron chi connectivity index (χ1n) is 8.23. The van der Waals surface area contributed by atoms with Crippen molar-refractivity contribution in [1.29, 1.82) is 0 Å². The minimum Gasteiger partial charge on any atom is -0.298 e. The molecule has 7 heteroatoms. The fraction of sp³-hybridized carbons (Fsp3) is 0.0500. The van der Waals surface area contributed by atoms with Crippen molar-refractivity contribution >= 4 is 22.4 Å². The number of hydrogen-bond acceptors (Lipinski definition) is 4. The van der Waals surface area contributed by atoms with E-state index in [4.69, 9.17) is 0 Å². The van der Waals surface area contributed by atoms with E-state index in [1.165, 1.54) is 23.5 Å². The van der Waals surface area contributed by atoms with Crippen LogP contribution in [0.1, 0.15) is 10.4 Å². The fourth-order valence-corrected chi connectivity index (χ4v) is 3.57. The van der Waals surface area contributed by atoms with Crippen LogP contribution >= 0.6 is 11.3 Å². The van der Waals surface area contributed by atoms with Crippen molar-refractivity contribution < 1.29 is 9.18 Å². The van der Waals surface area contributed by atoms with E-state index in [0.717, 1.165) is 21.8 Å². The minimum absolute atomic E-state index is 0.0128. The number of thiazole rings is 1. The lowest BCUT2D eigenvalue weighted by molar-refractivity contribution is 0.102. The van der Waals surface area contributed by atoms with Gasteiger partial charge in [-0.3, -0.25) is 14.8 Å². The molecule has 2 aromatic heterocycles. The number of amides is 1. The van der Waals surface area contributed by atoms with E-state index in [1.807, 2.05) is 43.4 Å². The lowest BCUT2D eigenvalue weighted by atomic mass is 10.1. The molecule has 0 radical (unpaired) electrons. The minimum atomic E-state index is -0.564. The molecule has 0 aliphatic carbocycles. The molecule has 1 N–H and O–H groups in total. The first kappa shape index (κ1) is 17.1. The van der Waals surface area contributed by atoms with Crippen LogP contribution in [0, 0.1) is 5.82 Å². The van der Waals surface area contributed by atoms with Gasteiger partial charge in [-0.25, -0.2) is 9.37 Å². The molecule has 0 saturated carbocycles. The summed E-state index contributed by atoms with van der Waals surface area (Å²) in [5.74, 6) is -1.09. The lowest BCUT2D eigenvalue weighted by Crippen LogP contribution is -2.13. The number of aryl methyl sites for hydroxylation is 1. The Morgan fingerprint density at radius 2 is 1.85 bits per heavy atom. The second-order valence-corrected chi connectivity index (χ2v) is 6.90. The van der Waals surface area contributed by atoms with E-state index in [9.17, 15) is 9.18 Å². The third-order valence-corrected chi connectivity index (χ3v) is 4.98. The Balaban J connectivity index is 1.57. The predicted octanol–water partition coefficient (Wildman–Crippen LogP) is 4.60. The molecule has 0 atom stereocenters. The maximum absolute atomic E-state index is 13.7. The van der Waals surface area contributed by atoms with E-state index in [-0.39, 0.29) is 5.56 Å². The van der Waals surface area contributed by atoms with Crippen molar-refractivity contribution in [2.75, 3.05) is 5.32 Å². The predicted molar refractivity (Wildman–Crippen MR) is 104 cm³/mol. The fourth-order valence-electron chi connectivity index (χ4n) is 2.71. The van der Waals surface area contributed by atoms with Crippen LogP contribution in [0.2, 0.25) is 0 Å². The number of anilines is 1. The zero-order valence-corrected chi connectivity index (χ0v) is 15.2. The summed E-state index contributed by atoms with van der Waals surface area (Å²) in [4.78, 5) is 17.3. The zero-order chi connectivity index (χ0) is 18.8. The van der Waals surface area contributed by atoms with Gasteiger partial charge in [0.1, 0.15) is 5.82 Å². The van der Waals surface area contributed by atoms with Gasteiger partial charge < -0.3 is 0 Å². The van der Waals surface area contributed by atoms with Crippen LogP contribution in [-0.4, -0.2) is 20.7 Å². The van der Waals surface area contributed by atoms with Crippen LogP contribution < -0.4 is 5.32 Å². The third-order valence-electron chi connectivity index (χ3n) is 4.05. The molecule has 27 heavy (non-hydrogen) atoms. The third kappa shape index (κ3) is 3.50. The number of nitrogens with zero attached hydrogens (tertiary/aromatic N) is 3. The van der Waals surface area contributed by atoms with Gasteiger partial charge in [0.2, 0.25) is 0 Å². The largest absolute Gasteiger partial charge is 0.298 e. The van der Waals surface area contributed by atoms with Gasteiger partial charge in [-0.2, -0.15) is 5.10 Å². The van der Waals surface area contributed by atoms with Crippen LogP contribution in [0.15, 0.2) is 66.9 Å². The van der Waals surface area contributed by atoms with Crippen LogP contribution in [0.5, 0.6) is 0 Å². The summed E-state index contributed by atoms with van der Waals surface area (Å²) in [6, 6.07) is 17.7. The van der Waals surface area contributed by atoms with Gasteiger partial charge in [-0.15, -0.1) is 0 Å². The Bertz CT molecular complexity index is 1100. The Morgan fingerprint density at radius 1 is 1.11 bits per heavy atom. The highest BCUT2D eigenvalue weighted by atomic mass is 32.1. The van der Waals surface area contributed by atoms with Gasteiger partial charge in [-0.05, 0) is 18.2 Å².